The van der Waals surface area contributed by atoms with Crippen molar-refractivity contribution in [1.82, 2.24) is 9.38 Å². The second-order valence-corrected chi connectivity index (χ2v) is 3.87. The van der Waals surface area contributed by atoms with E-state index in [2.05, 4.69) is 20.9 Å². The number of ether oxygens (including phenoxy) is 1. The number of aromatic nitrogens is 2. The molecule has 0 atom stereocenters. The number of halogens is 1. The Hall–Kier alpha value is -1.36. The van der Waals surface area contributed by atoms with Gasteiger partial charge in [-0.05, 0) is 35.0 Å². The fourth-order valence-electron chi connectivity index (χ4n) is 1.33. The molecule has 0 fully saturated rings. The molecule has 4 nitrogen and oxygen atoms in total. The molecule has 2 aromatic heterocycles. The fraction of sp³-hybridized carbons (Fsp3) is 0.200. The maximum Gasteiger partial charge on any atom is 0.359 e. The van der Waals surface area contributed by atoms with Crippen LogP contribution >= 0.6 is 15.9 Å². The summed E-state index contributed by atoms with van der Waals surface area (Å²) in [4.78, 5) is 15.5. The number of rotatable bonds is 2. The van der Waals surface area contributed by atoms with Crippen molar-refractivity contribution < 1.29 is 9.53 Å². The second kappa shape index (κ2) is 4.02. The van der Waals surface area contributed by atoms with Crippen LogP contribution in [0.3, 0.4) is 0 Å². The van der Waals surface area contributed by atoms with Crippen LogP contribution in [0.2, 0.25) is 0 Å². The van der Waals surface area contributed by atoms with Gasteiger partial charge in [-0.25, -0.2) is 9.78 Å². The molecule has 0 aromatic carbocycles. The Balaban J connectivity index is 2.49. The molecule has 0 radical (unpaired) electrons. The third kappa shape index (κ3) is 1.87. The van der Waals surface area contributed by atoms with Crippen LogP contribution in [0.4, 0.5) is 0 Å². The molecule has 0 saturated heterocycles. The summed E-state index contributed by atoms with van der Waals surface area (Å²) in [6, 6.07) is 3.68. The van der Waals surface area contributed by atoms with Gasteiger partial charge in [0.05, 0.1) is 12.1 Å². The van der Waals surface area contributed by atoms with Gasteiger partial charge in [-0.15, -0.1) is 0 Å². The number of hydrogen-bond acceptors (Lipinski definition) is 3. The average molecular weight is 269 g/mol. The molecule has 0 amide bonds. The highest BCUT2D eigenvalue weighted by Crippen LogP contribution is 2.15. The molecular weight excluding hydrogens is 260 g/mol. The molecule has 5 heteroatoms. The Labute approximate surface area is 95.0 Å². The molecule has 2 heterocycles. The van der Waals surface area contributed by atoms with Crippen LogP contribution in [0.5, 0.6) is 0 Å². The van der Waals surface area contributed by atoms with Crippen LogP contribution in [0, 0.1) is 0 Å². The first kappa shape index (κ1) is 10.2. The molecule has 0 unspecified atom stereocenters. The zero-order valence-electron chi connectivity index (χ0n) is 8.11. The number of hydrogen-bond donors (Lipinski definition) is 0. The predicted molar refractivity (Wildman–Crippen MR) is 58.8 cm³/mol. The van der Waals surface area contributed by atoms with E-state index >= 15 is 0 Å². The maximum absolute atomic E-state index is 11.5. The van der Waals surface area contributed by atoms with E-state index in [9.17, 15) is 4.79 Å². The Morgan fingerprint density at radius 1 is 1.60 bits per heavy atom. The van der Waals surface area contributed by atoms with E-state index in [-0.39, 0.29) is 5.97 Å². The second-order valence-electron chi connectivity index (χ2n) is 2.95. The SMILES string of the molecule is CCOC(=O)c1ncn2cc(Br)ccc12. The van der Waals surface area contributed by atoms with Gasteiger partial charge in [0.15, 0.2) is 5.69 Å². The highest BCUT2D eigenvalue weighted by atomic mass is 79.9. The molecule has 0 aliphatic carbocycles. The standard InChI is InChI=1S/C10H9BrN2O2/c1-2-15-10(14)9-8-4-3-7(11)5-13(8)6-12-9/h3-6H,2H2,1H3. The van der Waals surface area contributed by atoms with Gasteiger partial charge < -0.3 is 9.14 Å². The van der Waals surface area contributed by atoms with Crippen molar-refractivity contribution in [3.05, 3.63) is 34.8 Å². The van der Waals surface area contributed by atoms with E-state index in [0.717, 1.165) is 9.99 Å². The summed E-state index contributed by atoms with van der Waals surface area (Å²) in [5.41, 5.74) is 1.10. The first-order valence-electron chi connectivity index (χ1n) is 4.51. The van der Waals surface area contributed by atoms with E-state index in [1.54, 1.807) is 17.7 Å². The van der Waals surface area contributed by atoms with Gasteiger partial charge in [0.25, 0.3) is 0 Å². The lowest BCUT2D eigenvalue weighted by atomic mass is 10.3. The minimum atomic E-state index is -0.387. The first-order valence-corrected chi connectivity index (χ1v) is 5.31. The predicted octanol–water partition coefficient (Wildman–Crippen LogP) is 2.27. The Bertz CT molecular complexity index is 507. The smallest absolute Gasteiger partial charge is 0.359 e. The van der Waals surface area contributed by atoms with Gasteiger partial charge in [-0.1, -0.05) is 0 Å². The Kier molecular flexibility index (Phi) is 2.73. The van der Waals surface area contributed by atoms with Gasteiger partial charge in [-0.3, -0.25) is 0 Å². The van der Waals surface area contributed by atoms with Crippen molar-refractivity contribution in [1.29, 1.82) is 0 Å². The molecular formula is C10H9BrN2O2. The summed E-state index contributed by atoms with van der Waals surface area (Å²) in [7, 11) is 0. The van der Waals surface area contributed by atoms with E-state index in [4.69, 9.17) is 4.74 Å². The molecule has 0 aliphatic rings. The minimum absolute atomic E-state index is 0.351. The summed E-state index contributed by atoms with van der Waals surface area (Å²) in [5.74, 6) is -0.387. The summed E-state index contributed by atoms with van der Waals surface area (Å²) in [5, 5.41) is 0. The first-order chi connectivity index (χ1) is 7.22. The van der Waals surface area contributed by atoms with Gasteiger partial charge in [-0.2, -0.15) is 0 Å². The highest BCUT2D eigenvalue weighted by molar-refractivity contribution is 9.10. The minimum Gasteiger partial charge on any atom is -0.461 e. The molecule has 2 aromatic rings. The van der Waals surface area contributed by atoms with Crippen molar-refractivity contribution in [2.24, 2.45) is 0 Å². The topological polar surface area (TPSA) is 43.6 Å². The van der Waals surface area contributed by atoms with Crippen molar-refractivity contribution in [2.45, 2.75) is 6.92 Å². The summed E-state index contributed by atoms with van der Waals surface area (Å²) in [6.07, 6.45) is 3.43. The number of fused-ring (bicyclic) bond motifs is 1. The van der Waals surface area contributed by atoms with Crippen molar-refractivity contribution in [3.63, 3.8) is 0 Å². The highest BCUT2D eigenvalue weighted by Gasteiger charge is 2.13. The number of carbonyl (C=O) groups excluding carboxylic acids is 1. The van der Waals surface area contributed by atoms with Gasteiger partial charge in [0.2, 0.25) is 0 Å². The third-order valence-corrected chi connectivity index (χ3v) is 2.43. The third-order valence-electron chi connectivity index (χ3n) is 1.96. The molecule has 0 aliphatic heterocycles. The van der Waals surface area contributed by atoms with Gasteiger partial charge >= 0.3 is 5.97 Å². The number of nitrogens with zero attached hydrogens (tertiary/aromatic N) is 2. The lowest BCUT2D eigenvalue weighted by Crippen LogP contribution is -2.05. The number of carbonyl (C=O) groups is 1. The number of pyridine rings is 1. The van der Waals surface area contributed by atoms with Crippen molar-refractivity contribution >= 4 is 27.4 Å². The van der Waals surface area contributed by atoms with E-state index in [1.165, 1.54) is 0 Å². The van der Waals surface area contributed by atoms with Gasteiger partial charge in [0.1, 0.15) is 6.33 Å². The van der Waals surface area contributed by atoms with Crippen LogP contribution in [0.15, 0.2) is 29.1 Å². The van der Waals surface area contributed by atoms with Crippen LogP contribution in [0.25, 0.3) is 5.52 Å². The van der Waals surface area contributed by atoms with Crippen molar-refractivity contribution in [3.8, 4) is 0 Å². The van der Waals surface area contributed by atoms with Crippen LogP contribution in [-0.4, -0.2) is 22.0 Å². The van der Waals surface area contributed by atoms with E-state index in [1.807, 2.05) is 18.3 Å². The summed E-state index contributed by atoms with van der Waals surface area (Å²) >= 11 is 3.34. The zero-order valence-corrected chi connectivity index (χ0v) is 9.69. The summed E-state index contributed by atoms with van der Waals surface area (Å²) < 4.78 is 7.61. The average Bonchev–Trinajstić information content (AvgIpc) is 2.60. The normalized spacial score (nSPS) is 10.5. The van der Waals surface area contributed by atoms with Crippen LogP contribution < -0.4 is 0 Å². The fourth-order valence-corrected chi connectivity index (χ4v) is 1.68. The Morgan fingerprint density at radius 2 is 2.40 bits per heavy atom. The van der Waals surface area contributed by atoms with Crippen molar-refractivity contribution in [2.75, 3.05) is 6.61 Å². The van der Waals surface area contributed by atoms with E-state index in [0.29, 0.717) is 12.3 Å². The molecule has 0 saturated carbocycles. The number of imidazole rings is 1. The quantitative estimate of drug-likeness (QED) is 0.785. The van der Waals surface area contributed by atoms with Gasteiger partial charge in [0, 0.05) is 10.7 Å². The molecule has 15 heavy (non-hydrogen) atoms. The molecule has 0 spiro atoms. The summed E-state index contributed by atoms with van der Waals surface area (Å²) in [6.45, 7) is 2.13. The largest absolute Gasteiger partial charge is 0.461 e. The molecule has 0 N–H and O–H groups in total. The Morgan fingerprint density at radius 3 is 3.13 bits per heavy atom. The maximum atomic E-state index is 11.5. The molecule has 0 bridgehead atoms. The number of esters is 1. The van der Waals surface area contributed by atoms with Crippen LogP contribution in [-0.2, 0) is 4.74 Å². The zero-order chi connectivity index (χ0) is 10.8. The van der Waals surface area contributed by atoms with E-state index < -0.39 is 0 Å². The molecule has 78 valence electrons. The monoisotopic (exact) mass is 268 g/mol. The lowest BCUT2D eigenvalue weighted by Gasteiger charge is -1.99. The molecule has 2 rings (SSSR count). The lowest BCUT2D eigenvalue weighted by molar-refractivity contribution is 0.0522. The van der Waals surface area contributed by atoms with Crippen LogP contribution in [0.1, 0.15) is 17.4 Å².